The smallest absolute Gasteiger partial charge is 0.411 e. The summed E-state index contributed by atoms with van der Waals surface area (Å²) in [5.41, 5.74) is 3.52. The first-order chi connectivity index (χ1) is 15.6. The van der Waals surface area contributed by atoms with Crippen LogP contribution in [0.4, 0.5) is 16.2 Å². The molecule has 160 valence electrons. The minimum Gasteiger partial charge on any atom is -0.444 e. The summed E-state index contributed by atoms with van der Waals surface area (Å²) in [7, 11) is 0. The molecule has 3 N–H and O–H groups in total. The molecule has 0 aliphatic heterocycles. The highest BCUT2D eigenvalue weighted by Crippen LogP contribution is 2.23. The van der Waals surface area contributed by atoms with Crippen molar-refractivity contribution < 1.29 is 14.3 Å². The minimum absolute atomic E-state index is 0.127. The van der Waals surface area contributed by atoms with Gasteiger partial charge in [-0.25, -0.2) is 4.79 Å². The van der Waals surface area contributed by atoms with Crippen LogP contribution in [0.3, 0.4) is 0 Å². The molecule has 0 radical (unpaired) electrons. The van der Waals surface area contributed by atoms with E-state index in [0.29, 0.717) is 22.1 Å². The Morgan fingerprint density at radius 2 is 1.78 bits per heavy atom. The van der Waals surface area contributed by atoms with Crippen molar-refractivity contribution in [2.24, 2.45) is 0 Å². The van der Waals surface area contributed by atoms with Gasteiger partial charge in [0.2, 0.25) is 0 Å². The summed E-state index contributed by atoms with van der Waals surface area (Å²) < 4.78 is 5.21. The molecule has 8 nitrogen and oxygen atoms in total. The fraction of sp³-hybridized carbons (Fsp3) is 0.0435. The predicted octanol–water partition coefficient (Wildman–Crippen LogP) is 5.13. The third-order valence-electron chi connectivity index (χ3n) is 4.45. The molecule has 9 heteroatoms. The van der Waals surface area contributed by atoms with E-state index in [0.717, 1.165) is 11.1 Å². The molecule has 0 aliphatic rings. The zero-order valence-electron chi connectivity index (χ0n) is 16.7. The predicted molar refractivity (Wildman–Crippen MR) is 121 cm³/mol. The summed E-state index contributed by atoms with van der Waals surface area (Å²) in [6, 6.07) is 21.1. The number of halogens is 1. The monoisotopic (exact) mass is 447 g/mol. The average Bonchev–Trinajstić information content (AvgIpc) is 3.33. The number of hydrogen-bond donors (Lipinski definition) is 3. The molecular weight excluding hydrogens is 430 g/mol. The van der Waals surface area contributed by atoms with Crippen LogP contribution in [0.5, 0.6) is 0 Å². The van der Waals surface area contributed by atoms with Crippen molar-refractivity contribution in [3.8, 4) is 11.3 Å². The average molecular weight is 448 g/mol. The molecule has 0 bridgehead atoms. The second kappa shape index (κ2) is 9.76. The molecule has 0 atom stereocenters. The summed E-state index contributed by atoms with van der Waals surface area (Å²) >= 11 is 6.16. The lowest BCUT2D eigenvalue weighted by atomic mass is 10.1. The Morgan fingerprint density at radius 1 is 0.938 bits per heavy atom. The number of carbonyl (C=O) groups is 2. The van der Waals surface area contributed by atoms with E-state index >= 15 is 0 Å². The molecule has 3 aromatic carbocycles. The van der Waals surface area contributed by atoms with Crippen molar-refractivity contribution in [3.63, 3.8) is 0 Å². The molecule has 0 aliphatic carbocycles. The number of anilines is 2. The van der Waals surface area contributed by atoms with E-state index in [2.05, 4.69) is 26.0 Å². The molecule has 0 spiro atoms. The lowest BCUT2D eigenvalue weighted by Crippen LogP contribution is -2.15. The SMILES string of the molecule is O=C(Nc1cc(Cl)cc(C(=O)Nc2cccc(-c3cn[nH]n3)c2)c1)OCc1ccccc1. The van der Waals surface area contributed by atoms with Crippen LogP contribution < -0.4 is 10.6 Å². The molecule has 4 rings (SSSR count). The van der Waals surface area contributed by atoms with Gasteiger partial charge in [-0.05, 0) is 35.9 Å². The van der Waals surface area contributed by atoms with E-state index < -0.39 is 6.09 Å². The van der Waals surface area contributed by atoms with Crippen molar-refractivity contribution in [1.29, 1.82) is 0 Å². The van der Waals surface area contributed by atoms with Gasteiger partial charge in [-0.15, -0.1) is 0 Å². The number of nitrogens with zero attached hydrogens (tertiary/aromatic N) is 2. The maximum absolute atomic E-state index is 12.8. The van der Waals surface area contributed by atoms with Gasteiger partial charge in [-0.1, -0.05) is 54.1 Å². The molecular formula is C23H18ClN5O3. The van der Waals surface area contributed by atoms with Gasteiger partial charge in [-0.3, -0.25) is 10.1 Å². The third kappa shape index (κ3) is 5.50. The second-order valence-corrected chi connectivity index (χ2v) is 7.24. The van der Waals surface area contributed by atoms with Crippen LogP contribution >= 0.6 is 11.6 Å². The number of H-pyrrole nitrogens is 1. The lowest BCUT2D eigenvalue weighted by molar-refractivity contribution is 0.102. The topological polar surface area (TPSA) is 109 Å². The van der Waals surface area contributed by atoms with Crippen LogP contribution in [0, 0.1) is 0 Å². The van der Waals surface area contributed by atoms with Crippen LogP contribution in [0.25, 0.3) is 11.3 Å². The quantitative estimate of drug-likeness (QED) is 0.380. The minimum atomic E-state index is -0.650. The first-order valence-electron chi connectivity index (χ1n) is 9.63. The van der Waals surface area contributed by atoms with Gasteiger partial charge in [0.15, 0.2) is 0 Å². The number of hydrogen-bond acceptors (Lipinski definition) is 5. The van der Waals surface area contributed by atoms with Gasteiger partial charge in [0, 0.05) is 27.5 Å². The Morgan fingerprint density at radius 3 is 2.56 bits per heavy atom. The second-order valence-electron chi connectivity index (χ2n) is 6.81. The Hall–Kier alpha value is -4.17. The highest BCUT2D eigenvalue weighted by Gasteiger charge is 2.12. The van der Waals surface area contributed by atoms with E-state index in [4.69, 9.17) is 16.3 Å². The number of benzene rings is 3. The zero-order valence-corrected chi connectivity index (χ0v) is 17.5. The van der Waals surface area contributed by atoms with Gasteiger partial charge in [0.25, 0.3) is 5.91 Å². The molecule has 2 amide bonds. The van der Waals surface area contributed by atoms with Gasteiger partial charge in [-0.2, -0.15) is 15.4 Å². The van der Waals surface area contributed by atoms with Crippen LogP contribution in [0.2, 0.25) is 5.02 Å². The lowest BCUT2D eigenvalue weighted by Gasteiger charge is -2.10. The fourth-order valence-corrected chi connectivity index (χ4v) is 3.21. The highest BCUT2D eigenvalue weighted by atomic mass is 35.5. The van der Waals surface area contributed by atoms with E-state index in [-0.39, 0.29) is 18.1 Å². The van der Waals surface area contributed by atoms with Crippen LogP contribution in [0.1, 0.15) is 15.9 Å². The van der Waals surface area contributed by atoms with Crippen molar-refractivity contribution in [1.82, 2.24) is 15.4 Å². The summed E-state index contributed by atoms with van der Waals surface area (Å²) in [5.74, 6) is -0.384. The van der Waals surface area contributed by atoms with Crippen LogP contribution in [-0.4, -0.2) is 27.4 Å². The van der Waals surface area contributed by atoms with Crippen molar-refractivity contribution in [2.75, 3.05) is 10.6 Å². The van der Waals surface area contributed by atoms with Crippen molar-refractivity contribution >= 4 is 35.0 Å². The molecule has 1 heterocycles. The number of aromatic amines is 1. The normalized spacial score (nSPS) is 10.4. The standard InChI is InChI=1S/C23H18ClN5O3/c24-18-9-17(11-20(12-18)27-23(31)32-14-15-5-2-1-3-6-15)22(30)26-19-8-4-7-16(10-19)21-13-25-29-28-21/h1-13H,14H2,(H,26,30)(H,27,31)(H,25,28,29). The molecule has 0 saturated heterocycles. The van der Waals surface area contributed by atoms with E-state index in [1.807, 2.05) is 36.4 Å². The largest absolute Gasteiger partial charge is 0.444 e. The maximum atomic E-state index is 12.8. The zero-order chi connectivity index (χ0) is 22.3. The maximum Gasteiger partial charge on any atom is 0.411 e. The van der Waals surface area contributed by atoms with Gasteiger partial charge in [0.05, 0.1) is 6.20 Å². The molecule has 0 fully saturated rings. The summed E-state index contributed by atoms with van der Waals surface area (Å²) in [4.78, 5) is 24.9. The molecule has 1 aromatic heterocycles. The first kappa shape index (κ1) is 21.1. The number of ether oxygens (including phenoxy) is 1. The van der Waals surface area contributed by atoms with Crippen molar-refractivity contribution in [2.45, 2.75) is 6.61 Å². The Balaban J connectivity index is 1.42. The molecule has 0 unspecified atom stereocenters. The van der Waals surface area contributed by atoms with E-state index in [9.17, 15) is 9.59 Å². The number of nitrogens with one attached hydrogen (secondary N) is 3. The number of carbonyl (C=O) groups excluding carboxylic acids is 2. The summed E-state index contributed by atoms with van der Waals surface area (Å²) in [5, 5.41) is 16.1. The van der Waals surface area contributed by atoms with E-state index in [1.54, 1.807) is 24.4 Å². The van der Waals surface area contributed by atoms with E-state index in [1.165, 1.54) is 18.2 Å². The first-order valence-corrected chi connectivity index (χ1v) is 10.0. The third-order valence-corrected chi connectivity index (χ3v) is 4.67. The summed E-state index contributed by atoms with van der Waals surface area (Å²) in [6.07, 6.45) is 0.940. The fourth-order valence-electron chi connectivity index (χ4n) is 2.97. The Bertz CT molecular complexity index is 1230. The van der Waals surface area contributed by atoms with Gasteiger partial charge in [0.1, 0.15) is 12.3 Å². The molecule has 32 heavy (non-hydrogen) atoms. The molecule has 4 aromatic rings. The van der Waals surface area contributed by atoms with Gasteiger partial charge >= 0.3 is 6.09 Å². The van der Waals surface area contributed by atoms with Crippen LogP contribution in [0.15, 0.2) is 79.0 Å². The summed E-state index contributed by atoms with van der Waals surface area (Å²) in [6.45, 7) is 0.127. The molecule has 0 saturated carbocycles. The highest BCUT2D eigenvalue weighted by molar-refractivity contribution is 6.31. The van der Waals surface area contributed by atoms with Crippen LogP contribution in [-0.2, 0) is 11.3 Å². The number of rotatable bonds is 6. The number of aromatic nitrogens is 3. The van der Waals surface area contributed by atoms with Gasteiger partial charge < -0.3 is 10.1 Å². The number of amides is 2. The van der Waals surface area contributed by atoms with Crippen molar-refractivity contribution in [3.05, 3.63) is 95.1 Å². The Labute approximate surface area is 188 Å². The Kier molecular flexibility index (Phi) is 6.43.